The van der Waals surface area contributed by atoms with E-state index in [0.717, 1.165) is 16.8 Å². The third-order valence-corrected chi connectivity index (χ3v) is 5.69. The Bertz CT molecular complexity index is 918. The SMILES string of the molecule is CC(=O)N(c1ccc(C)c(C)c1)c1nc(C=C2SC(=S)NC2=O)cs1. The lowest BCUT2D eigenvalue weighted by Crippen LogP contribution is -2.22. The Morgan fingerprint density at radius 3 is 2.68 bits per heavy atom. The van der Waals surface area contributed by atoms with Crippen molar-refractivity contribution >= 4 is 68.3 Å². The zero-order valence-corrected chi connectivity index (χ0v) is 16.3. The van der Waals surface area contributed by atoms with E-state index in [2.05, 4.69) is 10.3 Å². The number of thioether (sulfide) groups is 1. The molecule has 1 fully saturated rings. The van der Waals surface area contributed by atoms with Crippen molar-refractivity contribution in [1.29, 1.82) is 0 Å². The summed E-state index contributed by atoms with van der Waals surface area (Å²) in [6.07, 6.45) is 1.68. The van der Waals surface area contributed by atoms with Gasteiger partial charge in [0.25, 0.3) is 5.91 Å². The predicted molar refractivity (Wildman–Crippen MR) is 107 cm³/mol. The summed E-state index contributed by atoms with van der Waals surface area (Å²) in [6, 6.07) is 5.86. The minimum atomic E-state index is -0.220. The summed E-state index contributed by atoms with van der Waals surface area (Å²) in [5.41, 5.74) is 3.67. The van der Waals surface area contributed by atoms with Gasteiger partial charge in [0.05, 0.1) is 16.3 Å². The summed E-state index contributed by atoms with van der Waals surface area (Å²) in [5.74, 6) is -0.340. The fourth-order valence-corrected chi connectivity index (χ4v) is 4.17. The van der Waals surface area contributed by atoms with Crippen LogP contribution in [0.3, 0.4) is 0 Å². The van der Waals surface area contributed by atoms with Crippen molar-refractivity contribution in [2.75, 3.05) is 4.90 Å². The van der Waals surface area contributed by atoms with E-state index in [1.54, 1.807) is 11.0 Å². The topological polar surface area (TPSA) is 62.3 Å². The maximum atomic E-state index is 12.2. The Labute approximate surface area is 159 Å². The number of benzene rings is 1. The van der Waals surface area contributed by atoms with Crippen LogP contribution in [0.15, 0.2) is 28.5 Å². The fourth-order valence-electron chi connectivity index (χ4n) is 2.29. The largest absolute Gasteiger partial charge is 0.307 e. The second-order valence-electron chi connectivity index (χ2n) is 5.53. The van der Waals surface area contributed by atoms with E-state index in [9.17, 15) is 9.59 Å². The number of carbonyl (C=O) groups is 2. The van der Waals surface area contributed by atoms with Gasteiger partial charge in [0.1, 0.15) is 4.32 Å². The van der Waals surface area contributed by atoms with Gasteiger partial charge in [-0.15, -0.1) is 11.3 Å². The fraction of sp³-hybridized carbons (Fsp3) is 0.176. The van der Waals surface area contributed by atoms with Crippen LogP contribution in [0.2, 0.25) is 0 Å². The van der Waals surface area contributed by atoms with Gasteiger partial charge in [-0.2, -0.15) is 0 Å². The number of anilines is 2. The normalized spacial score (nSPS) is 15.6. The first-order chi connectivity index (χ1) is 11.8. The van der Waals surface area contributed by atoms with Crippen LogP contribution in [0.25, 0.3) is 6.08 Å². The molecule has 1 N–H and O–H groups in total. The Morgan fingerprint density at radius 1 is 1.32 bits per heavy atom. The van der Waals surface area contributed by atoms with Crippen LogP contribution in [-0.4, -0.2) is 21.1 Å². The summed E-state index contributed by atoms with van der Waals surface area (Å²) < 4.78 is 0.437. The van der Waals surface area contributed by atoms with E-state index < -0.39 is 0 Å². The van der Waals surface area contributed by atoms with Crippen molar-refractivity contribution in [1.82, 2.24) is 10.3 Å². The van der Waals surface area contributed by atoms with Crippen molar-refractivity contribution in [2.45, 2.75) is 20.8 Å². The first-order valence-electron chi connectivity index (χ1n) is 7.43. The number of carbonyl (C=O) groups excluding carboxylic acids is 2. The van der Waals surface area contributed by atoms with E-state index in [-0.39, 0.29) is 11.8 Å². The minimum Gasteiger partial charge on any atom is -0.307 e. The maximum absolute atomic E-state index is 12.2. The number of thiocarbonyl (C=S) groups is 1. The van der Waals surface area contributed by atoms with Crippen LogP contribution in [-0.2, 0) is 9.59 Å². The highest BCUT2D eigenvalue weighted by molar-refractivity contribution is 8.26. The van der Waals surface area contributed by atoms with Crippen LogP contribution < -0.4 is 10.2 Å². The van der Waals surface area contributed by atoms with Crippen molar-refractivity contribution in [2.24, 2.45) is 0 Å². The zero-order chi connectivity index (χ0) is 18.1. The number of hydrogen-bond donors (Lipinski definition) is 1. The van der Waals surface area contributed by atoms with E-state index in [1.807, 2.05) is 37.4 Å². The molecule has 5 nitrogen and oxygen atoms in total. The molecule has 0 bridgehead atoms. The van der Waals surface area contributed by atoms with Gasteiger partial charge in [-0.05, 0) is 43.2 Å². The number of aromatic nitrogens is 1. The molecule has 0 atom stereocenters. The van der Waals surface area contributed by atoms with Crippen molar-refractivity contribution in [3.63, 3.8) is 0 Å². The summed E-state index contributed by atoms with van der Waals surface area (Å²) >= 11 is 7.54. The molecule has 25 heavy (non-hydrogen) atoms. The van der Waals surface area contributed by atoms with E-state index in [4.69, 9.17) is 12.2 Å². The Hall–Kier alpha value is -2.03. The Balaban J connectivity index is 1.94. The molecule has 2 heterocycles. The van der Waals surface area contributed by atoms with Crippen molar-refractivity contribution < 1.29 is 9.59 Å². The molecule has 0 saturated carbocycles. The van der Waals surface area contributed by atoms with E-state index in [1.165, 1.54) is 30.0 Å². The average Bonchev–Trinajstić information content (AvgIpc) is 3.10. The predicted octanol–water partition coefficient (Wildman–Crippen LogP) is 3.93. The molecule has 2 amide bonds. The van der Waals surface area contributed by atoms with Gasteiger partial charge in [-0.25, -0.2) is 4.98 Å². The molecule has 128 valence electrons. The lowest BCUT2D eigenvalue weighted by atomic mass is 10.1. The number of nitrogens with zero attached hydrogens (tertiary/aromatic N) is 2. The highest BCUT2D eigenvalue weighted by Crippen LogP contribution is 2.32. The molecule has 1 aliphatic heterocycles. The van der Waals surface area contributed by atoms with Gasteiger partial charge < -0.3 is 5.32 Å². The molecular formula is C17H15N3O2S3. The monoisotopic (exact) mass is 389 g/mol. The molecule has 1 aromatic carbocycles. The van der Waals surface area contributed by atoms with E-state index in [0.29, 0.717) is 20.1 Å². The second-order valence-corrected chi connectivity index (χ2v) is 8.09. The summed E-state index contributed by atoms with van der Waals surface area (Å²) in [4.78, 5) is 30.5. The third kappa shape index (κ3) is 3.81. The average molecular weight is 390 g/mol. The molecule has 8 heteroatoms. The number of thiazole rings is 1. The Kier molecular flexibility index (Phi) is 5.03. The van der Waals surface area contributed by atoms with Crippen LogP contribution in [0.4, 0.5) is 10.8 Å². The van der Waals surface area contributed by atoms with Gasteiger partial charge in [0.2, 0.25) is 5.91 Å². The molecule has 2 aromatic rings. The lowest BCUT2D eigenvalue weighted by molar-refractivity contribution is -0.116. The van der Waals surface area contributed by atoms with Crippen molar-refractivity contribution in [3.8, 4) is 0 Å². The zero-order valence-electron chi connectivity index (χ0n) is 13.8. The van der Waals surface area contributed by atoms with Gasteiger partial charge in [0.15, 0.2) is 5.13 Å². The molecule has 3 rings (SSSR count). The van der Waals surface area contributed by atoms with E-state index >= 15 is 0 Å². The van der Waals surface area contributed by atoms with Gasteiger partial charge in [-0.3, -0.25) is 14.5 Å². The van der Waals surface area contributed by atoms with Gasteiger partial charge in [0, 0.05) is 12.3 Å². The van der Waals surface area contributed by atoms with Gasteiger partial charge >= 0.3 is 0 Å². The molecule has 1 aliphatic rings. The highest BCUT2D eigenvalue weighted by Gasteiger charge is 2.23. The summed E-state index contributed by atoms with van der Waals surface area (Å²) in [7, 11) is 0. The number of nitrogens with one attached hydrogen (secondary N) is 1. The van der Waals surface area contributed by atoms with Crippen molar-refractivity contribution in [3.05, 3.63) is 45.3 Å². The minimum absolute atomic E-state index is 0.119. The number of hydrogen-bond acceptors (Lipinski definition) is 6. The van der Waals surface area contributed by atoms with Gasteiger partial charge in [-0.1, -0.05) is 30.0 Å². The number of amides is 2. The number of rotatable bonds is 3. The first-order valence-corrected chi connectivity index (χ1v) is 9.54. The van der Waals surface area contributed by atoms with Crippen LogP contribution in [0.5, 0.6) is 0 Å². The second kappa shape index (κ2) is 7.07. The molecular weight excluding hydrogens is 374 g/mol. The summed E-state index contributed by atoms with van der Waals surface area (Å²) in [5, 5.41) is 4.95. The molecule has 0 radical (unpaired) electrons. The standard InChI is InChI=1S/C17H15N3O2S3/c1-9-4-5-13(6-10(9)2)20(11(3)21)16-18-12(8-24-16)7-14-15(22)19-17(23)25-14/h4-8H,1-3H3,(H,19,22,23). The first kappa shape index (κ1) is 17.8. The summed E-state index contributed by atoms with van der Waals surface area (Å²) in [6.45, 7) is 5.54. The lowest BCUT2D eigenvalue weighted by Gasteiger charge is -2.19. The quantitative estimate of drug-likeness (QED) is 0.636. The highest BCUT2D eigenvalue weighted by atomic mass is 32.2. The van der Waals surface area contributed by atoms with Crippen LogP contribution in [0, 0.1) is 13.8 Å². The molecule has 1 aromatic heterocycles. The van der Waals surface area contributed by atoms with Crippen LogP contribution in [0.1, 0.15) is 23.7 Å². The maximum Gasteiger partial charge on any atom is 0.263 e. The smallest absolute Gasteiger partial charge is 0.263 e. The Morgan fingerprint density at radius 2 is 2.08 bits per heavy atom. The van der Waals surface area contributed by atoms with Crippen LogP contribution >= 0.6 is 35.3 Å². The molecule has 0 spiro atoms. The molecule has 1 saturated heterocycles. The molecule has 0 aliphatic carbocycles. The number of aryl methyl sites for hydroxylation is 2. The third-order valence-electron chi connectivity index (χ3n) is 3.69. The molecule has 0 unspecified atom stereocenters.